The highest BCUT2D eigenvalue weighted by atomic mass is 19.1. The van der Waals surface area contributed by atoms with Gasteiger partial charge < -0.3 is 14.4 Å². The lowest BCUT2D eigenvalue weighted by Gasteiger charge is -2.34. The van der Waals surface area contributed by atoms with E-state index in [0.717, 1.165) is 24.0 Å². The van der Waals surface area contributed by atoms with Crippen molar-refractivity contribution in [1.82, 2.24) is 15.1 Å². The van der Waals surface area contributed by atoms with Gasteiger partial charge in [0.2, 0.25) is 5.91 Å². The molecule has 0 unspecified atom stereocenters. The van der Waals surface area contributed by atoms with Crippen LogP contribution in [-0.2, 0) is 14.3 Å². The number of amides is 1. The summed E-state index contributed by atoms with van der Waals surface area (Å²) in [6.07, 6.45) is 4.85. The maximum atomic E-state index is 14.6. The number of hydrogen-bond donors (Lipinski definition) is 1. The summed E-state index contributed by atoms with van der Waals surface area (Å²) in [4.78, 5) is 13.7. The number of aromatic nitrogens is 2. The summed E-state index contributed by atoms with van der Waals surface area (Å²) in [5.74, 6) is 0.0799. The molecule has 1 aromatic heterocycles. The highest BCUT2D eigenvalue weighted by molar-refractivity contribution is 5.78. The van der Waals surface area contributed by atoms with Crippen LogP contribution in [0.2, 0.25) is 0 Å². The number of halogens is 1. The molecule has 2 aliphatic heterocycles. The van der Waals surface area contributed by atoms with Crippen LogP contribution in [0.4, 0.5) is 4.39 Å². The number of ether oxygens (including phenoxy) is 2. The van der Waals surface area contributed by atoms with Gasteiger partial charge >= 0.3 is 0 Å². The maximum Gasteiger partial charge on any atom is 0.248 e. The van der Waals surface area contributed by atoms with Crippen molar-refractivity contribution in [3.05, 3.63) is 42.0 Å². The number of rotatable bonds is 4. The molecule has 3 heterocycles. The summed E-state index contributed by atoms with van der Waals surface area (Å²) in [6.45, 7) is 2.64. The summed E-state index contributed by atoms with van der Waals surface area (Å²) in [7, 11) is 0. The minimum absolute atomic E-state index is 0.0410. The number of carbonyl (C=O) groups is 1. The number of morpholine rings is 1. The second-order valence-corrected chi connectivity index (χ2v) is 6.88. The van der Waals surface area contributed by atoms with E-state index in [9.17, 15) is 9.18 Å². The topological polar surface area (TPSA) is 67.5 Å². The summed E-state index contributed by atoms with van der Waals surface area (Å²) in [5, 5.41) is 6.63. The van der Waals surface area contributed by atoms with Crippen LogP contribution in [-0.4, -0.2) is 53.9 Å². The van der Waals surface area contributed by atoms with E-state index in [1.165, 1.54) is 6.07 Å². The van der Waals surface area contributed by atoms with E-state index < -0.39 is 0 Å². The normalized spacial score (nSPS) is 24.0. The molecule has 26 heavy (non-hydrogen) atoms. The minimum Gasteiger partial charge on any atom is -0.373 e. The molecule has 0 aliphatic carbocycles. The van der Waals surface area contributed by atoms with Gasteiger partial charge in [-0.15, -0.1) is 0 Å². The SMILES string of the molecule is O=C1COCCN1C[C@@H]1CC[C@H](c2ccc(-c3cn[nH]c3)cc2F)OC1. The quantitative estimate of drug-likeness (QED) is 0.911. The van der Waals surface area contributed by atoms with Gasteiger partial charge in [-0.05, 0) is 24.5 Å². The average Bonchev–Trinajstić information content (AvgIpc) is 3.19. The zero-order chi connectivity index (χ0) is 17.9. The van der Waals surface area contributed by atoms with E-state index >= 15 is 0 Å². The Morgan fingerprint density at radius 1 is 1.31 bits per heavy atom. The third-order valence-corrected chi connectivity index (χ3v) is 5.11. The number of benzene rings is 1. The van der Waals surface area contributed by atoms with Gasteiger partial charge in [0, 0.05) is 36.3 Å². The monoisotopic (exact) mass is 359 g/mol. The van der Waals surface area contributed by atoms with Crippen molar-refractivity contribution >= 4 is 5.91 Å². The second-order valence-electron chi connectivity index (χ2n) is 6.88. The number of nitrogens with one attached hydrogen (secondary N) is 1. The van der Waals surface area contributed by atoms with Crippen LogP contribution in [0, 0.1) is 11.7 Å². The molecular weight excluding hydrogens is 337 g/mol. The predicted molar refractivity (Wildman–Crippen MR) is 92.8 cm³/mol. The number of carbonyl (C=O) groups excluding carboxylic acids is 1. The molecule has 0 spiro atoms. The van der Waals surface area contributed by atoms with E-state index in [1.54, 1.807) is 18.5 Å². The molecule has 2 saturated heterocycles. The van der Waals surface area contributed by atoms with Crippen molar-refractivity contribution in [2.24, 2.45) is 5.92 Å². The van der Waals surface area contributed by atoms with Crippen LogP contribution >= 0.6 is 0 Å². The highest BCUT2D eigenvalue weighted by Gasteiger charge is 2.28. The molecule has 1 N–H and O–H groups in total. The van der Waals surface area contributed by atoms with Crippen LogP contribution in [0.15, 0.2) is 30.6 Å². The third kappa shape index (κ3) is 3.64. The van der Waals surface area contributed by atoms with E-state index in [1.807, 2.05) is 11.0 Å². The Hall–Kier alpha value is -2.25. The lowest BCUT2D eigenvalue weighted by Crippen LogP contribution is -2.45. The second kappa shape index (κ2) is 7.55. The van der Waals surface area contributed by atoms with Crippen LogP contribution < -0.4 is 0 Å². The van der Waals surface area contributed by atoms with Gasteiger partial charge in [-0.25, -0.2) is 4.39 Å². The molecule has 2 aromatic rings. The standard InChI is InChI=1S/C19H22FN3O3/c20-17-7-14(15-8-21-22-9-15)2-3-16(17)18-4-1-13(11-26-18)10-23-5-6-25-12-19(23)24/h2-3,7-9,13,18H,1,4-6,10-12H2,(H,21,22)/t13-,18+/m0/s1. The minimum atomic E-state index is -0.254. The number of H-pyrrole nitrogens is 1. The first-order valence-corrected chi connectivity index (χ1v) is 8.96. The molecule has 7 heteroatoms. The van der Waals surface area contributed by atoms with Crippen molar-refractivity contribution in [2.75, 3.05) is 32.9 Å². The Labute approximate surface area is 151 Å². The van der Waals surface area contributed by atoms with Crippen molar-refractivity contribution < 1.29 is 18.7 Å². The van der Waals surface area contributed by atoms with E-state index in [0.29, 0.717) is 37.8 Å². The Bertz CT molecular complexity index is 757. The molecule has 0 radical (unpaired) electrons. The zero-order valence-electron chi connectivity index (χ0n) is 14.5. The fourth-order valence-corrected chi connectivity index (χ4v) is 3.63. The maximum absolute atomic E-state index is 14.6. The first-order valence-electron chi connectivity index (χ1n) is 8.96. The van der Waals surface area contributed by atoms with Gasteiger partial charge in [-0.2, -0.15) is 5.10 Å². The van der Waals surface area contributed by atoms with Gasteiger partial charge in [-0.3, -0.25) is 9.89 Å². The fraction of sp³-hybridized carbons (Fsp3) is 0.474. The zero-order valence-corrected chi connectivity index (χ0v) is 14.5. The Balaban J connectivity index is 1.36. The molecule has 4 rings (SSSR count). The average molecular weight is 359 g/mol. The Morgan fingerprint density at radius 2 is 2.23 bits per heavy atom. The lowest BCUT2D eigenvalue weighted by atomic mass is 9.93. The summed E-state index contributed by atoms with van der Waals surface area (Å²) >= 11 is 0. The molecule has 1 aromatic carbocycles. The molecular formula is C19H22FN3O3. The van der Waals surface area contributed by atoms with Crippen LogP contribution in [0.5, 0.6) is 0 Å². The largest absolute Gasteiger partial charge is 0.373 e. The lowest BCUT2D eigenvalue weighted by molar-refractivity contribution is -0.144. The molecule has 138 valence electrons. The number of hydrogen-bond acceptors (Lipinski definition) is 4. The van der Waals surface area contributed by atoms with E-state index in [4.69, 9.17) is 9.47 Å². The smallest absolute Gasteiger partial charge is 0.248 e. The molecule has 0 saturated carbocycles. The summed E-state index contributed by atoms with van der Waals surface area (Å²) in [5.41, 5.74) is 2.24. The van der Waals surface area contributed by atoms with Gasteiger partial charge in [-0.1, -0.05) is 12.1 Å². The van der Waals surface area contributed by atoms with Gasteiger partial charge in [0.1, 0.15) is 12.4 Å². The van der Waals surface area contributed by atoms with E-state index in [2.05, 4.69) is 10.2 Å². The first-order chi connectivity index (χ1) is 12.7. The van der Waals surface area contributed by atoms with Crippen molar-refractivity contribution in [3.63, 3.8) is 0 Å². The molecule has 2 atom stereocenters. The van der Waals surface area contributed by atoms with Crippen LogP contribution in [0.3, 0.4) is 0 Å². The number of nitrogens with zero attached hydrogens (tertiary/aromatic N) is 2. The highest BCUT2D eigenvalue weighted by Crippen LogP contribution is 2.34. The third-order valence-electron chi connectivity index (χ3n) is 5.11. The van der Waals surface area contributed by atoms with Crippen LogP contribution in [0.25, 0.3) is 11.1 Å². The molecule has 2 fully saturated rings. The van der Waals surface area contributed by atoms with E-state index in [-0.39, 0.29) is 24.4 Å². The molecule has 0 bridgehead atoms. The van der Waals surface area contributed by atoms with Gasteiger partial charge in [0.15, 0.2) is 0 Å². The van der Waals surface area contributed by atoms with Gasteiger partial charge in [0.25, 0.3) is 0 Å². The Kier molecular flexibility index (Phi) is 4.99. The summed E-state index contributed by atoms with van der Waals surface area (Å²) < 4.78 is 25.7. The summed E-state index contributed by atoms with van der Waals surface area (Å²) in [6, 6.07) is 5.22. The number of aromatic amines is 1. The van der Waals surface area contributed by atoms with Crippen LogP contribution in [0.1, 0.15) is 24.5 Å². The molecule has 1 amide bonds. The molecule has 2 aliphatic rings. The van der Waals surface area contributed by atoms with Crippen molar-refractivity contribution in [1.29, 1.82) is 0 Å². The fourth-order valence-electron chi connectivity index (χ4n) is 3.63. The molecule has 6 nitrogen and oxygen atoms in total. The van der Waals surface area contributed by atoms with Gasteiger partial charge in [0.05, 0.1) is 25.5 Å². The first kappa shape index (κ1) is 17.2. The van der Waals surface area contributed by atoms with Crippen molar-refractivity contribution in [2.45, 2.75) is 18.9 Å². The Morgan fingerprint density at radius 3 is 2.92 bits per heavy atom. The predicted octanol–water partition coefficient (Wildman–Crippen LogP) is 2.54. The van der Waals surface area contributed by atoms with Crippen molar-refractivity contribution in [3.8, 4) is 11.1 Å².